The van der Waals surface area contributed by atoms with Crippen LogP contribution in [0.25, 0.3) is 5.76 Å². The van der Waals surface area contributed by atoms with Crippen LogP contribution in [-0.2, 0) is 14.3 Å². The second kappa shape index (κ2) is 9.81. The van der Waals surface area contributed by atoms with Crippen LogP contribution in [0.4, 0.5) is 4.39 Å². The number of hydrogen-bond donors (Lipinski definition) is 1. The van der Waals surface area contributed by atoms with Gasteiger partial charge in [-0.1, -0.05) is 23.7 Å². The van der Waals surface area contributed by atoms with Crippen molar-refractivity contribution in [2.75, 3.05) is 39.4 Å². The van der Waals surface area contributed by atoms with Crippen molar-refractivity contribution in [2.45, 2.75) is 12.5 Å². The van der Waals surface area contributed by atoms with Gasteiger partial charge in [-0.2, -0.15) is 0 Å². The van der Waals surface area contributed by atoms with Crippen LogP contribution in [0.1, 0.15) is 23.6 Å². The molecule has 168 valence electrons. The number of halogens is 2. The Morgan fingerprint density at radius 2 is 1.69 bits per heavy atom. The van der Waals surface area contributed by atoms with E-state index in [0.717, 1.165) is 19.6 Å². The second-order valence-corrected chi connectivity index (χ2v) is 8.29. The molecule has 2 aromatic carbocycles. The summed E-state index contributed by atoms with van der Waals surface area (Å²) in [6.45, 7) is 4.12. The lowest BCUT2D eigenvalue weighted by Gasteiger charge is -2.29. The van der Waals surface area contributed by atoms with Gasteiger partial charge in [-0.3, -0.25) is 14.5 Å². The van der Waals surface area contributed by atoms with Gasteiger partial charge < -0.3 is 14.7 Å². The summed E-state index contributed by atoms with van der Waals surface area (Å²) < 4.78 is 18.9. The molecule has 0 radical (unpaired) electrons. The number of rotatable bonds is 6. The molecule has 2 aromatic rings. The molecule has 2 heterocycles. The molecule has 1 atom stereocenters. The maximum absolute atomic E-state index is 13.6. The molecular formula is C24H24ClFN2O4. The fourth-order valence-corrected chi connectivity index (χ4v) is 4.28. The number of Topliss-reactive ketones (excluding diaryl/α,β-unsaturated/α-hetero) is 1. The van der Waals surface area contributed by atoms with Gasteiger partial charge in [0.05, 0.1) is 24.8 Å². The van der Waals surface area contributed by atoms with E-state index in [-0.39, 0.29) is 11.3 Å². The summed E-state index contributed by atoms with van der Waals surface area (Å²) in [4.78, 5) is 29.6. The molecule has 0 aliphatic carbocycles. The van der Waals surface area contributed by atoms with Gasteiger partial charge >= 0.3 is 0 Å². The first kappa shape index (κ1) is 22.5. The summed E-state index contributed by atoms with van der Waals surface area (Å²) in [5.41, 5.74) is 0.940. The maximum Gasteiger partial charge on any atom is 0.295 e. The third-order valence-electron chi connectivity index (χ3n) is 5.82. The molecule has 1 N–H and O–H groups in total. The molecule has 4 rings (SSSR count). The highest BCUT2D eigenvalue weighted by Gasteiger charge is 2.45. The van der Waals surface area contributed by atoms with Gasteiger partial charge in [-0.15, -0.1) is 0 Å². The second-order valence-electron chi connectivity index (χ2n) is 7.86. The molecule has 0 bridgehead atoms. The molecule has 32 heavy (non-hydrogen) atoms. The summed E-state index contributed by atoms with van der Waals surface area (Å²) >= 11 is 5.94. The lowest BCUT2D eigenvalue weighted by atomic mass is 9.95. The van der Waals surface area contributed by atoms with Gasteiger partial charge in [-0.25, -0.2) is 4.39 Å². The number of morpholine rings is 1. The topological polar surface area (TPSA) is 70.1 Å². The van der Waals surface area contributed by atoms with E-state index in [9.17, 15) is 19.1 Å². The van der Waals surface area contributed by atoms with E-state index < -0.39 is 23.5 Å². The highest BCUT2D eigenvalue weighted by Crippen LogP contribution is 2.39. The number of amides is 1. The number of ether oxygens (including phenoxy) is 1. The molecule has 8 heteroatoms. The zero-order valence-electron chi connectivity index (χ0n) is 17.5. The molecule has 0 saturated carbocycles. The average Bonchev–Trinajstić information content (AvgIpc) is 3.05. The molecular weight excluding hydrogens is 435 g/mol. The molecule has 2 aliphatic rings. The molecule has 2 aliphatic heterocycles. The van der Waals surface area contributed by atoms with E-state index >= 15 is 0 Å². The van der Waals surface area contributed by atoms with E-state index in [4.69, 9.17) is 16.3 Å². The Labute approximate surface area is 190 Å². The van der Waals surface area contributed by atoms with Crippen LogP contribution < -0.4 is 0 Å². The summed E-state index contributed by atoms with van der Waals surface area (Å²) in [6, 6.07) is 11.2. The summed E-state index contributed by atoms with van der Waals surface area (Å²) in [6.07, 6.45) is 0.658. The molecule has 2 fully saturated rings. The van der Waals surface area contributed by atoms with E-state index in [0.29, 0.717) is 42.3 Å². The Hall–Kier alpha value is -2.74. The Bertz CT molecular complexity index is 1020. The molecule has 0 spiro atoms. The zero-order chi connectivity index (χ0) is 22.7. The Morgan fingerprint density at radius 1 is 1.03 bits per heavy atom. The lowest BCUT2D eigenvalue weighted by molar-refractivity contribution is -0.140. The highest BCUT2D eigenvalue weighted by molar-refractivity contribution is 6.46. The number of likely N-dealkylation sites (tertiary alicyclic amines) is 1. The maximum atomic E-state index is 13.6. The Kier molecular flexibility index (Phi) is 6.89. The Morgan fingerprint density at radius 3 is 2.34 bits per heavy atom. The van der Waals surface area contributed by atoms with Crippen molar-refractivity contribution in [3.8, 4) is 0 Å². The first-order valence-electron chi connectivity index (χ1n) is 10.6. The third kappa shape index (κ3) is 4.70. The van der Waals surface area contributed by atoms with Gasteiger partial charge in [0.2, 0.25) is 0 Å². The largest absolute Gasteiger partial charge is 0.507 e. The monoisotopic (exact) mass is 458 g/mol. The molecule has 1 amide bonds. The first-order valence-corrected chi connectivity index (χ1v) is 10.9. The quantitative estimate of drug-likeness (QED) is 0.407. The van der Waals surface area contributed by atoms with Crippen molar-refractivity contribution in [2.24, 2.45) is 0 Å². The number of carbonyl (C=O) groups excluding carboxylic acids is 2. The van der Waals surface area contributed by atoms with Crippen LogP contribution in [0.5, 0.6) is 0 Å². The van der Waals surface area contributed by atoms with Crippen molar-refractivity contribution in [1.29, 1.82) is 0 Å². The van der Waals surface area contributed by atoms with Crippen molar-refractivity contribution < 1.29 is 23.8 Å². The van der Waals surface area contributed by atoms with Gasteiger partial charge in [0.15, 0.2) is 0 Å². The summed E-state index contributed by atoms with van der Waals surface area (Å²) in [7, 11) is 0. The predicted octanol–water partition coefficient (Wildman–Crippen LogP) is 3.62. The van der Waals surface area contributed by atoms with Gasteiger partial charge in [-0.05, 0) is 48.4 Å². The fraction of sp³-hybridized carbons (Fsp3) is 0.333. The smallest absolute Gasteiger partial charge is 0.295 e. The number of aliphatic hydroxyl groups is 1. The van der Waals surface area contributed by atoms with Crippen molar-refractivity contribution in [3.05, 3.63) is 76.1 Å². The first-order chi connectivity index (χ1) is 15.5. The molecule has 6 nitrogen and oxygen atoms in total. The minimum Gasteiger partial charge on any atom is -0.507 e. The number of carbonyl (C=O) groups is 2. The zero-order valence-corrected chi connectivity index (χ0v) is 18.2. The molecule has 2 saturated heterocycles. The third-order valence-corrected chi connectivity index (χ3v) is 6.07. The Balaban J connectivity index is 1.66. The molecule has 0 aromatic heterocycles. The van der Waals surface area contributed by atoms with E-state index in [2.05, 4.69) is 4.90 Å². The van der Waals surface area contributed by atoms with Gasteiger partial charge in [0.25, 0.3) is 11.7 Å². The fourth-order valence-electron chi connectivity index (χ4n) is 4.15. The number of benzene rings is 2. The molecule has 1 unspecified atom stereocenters. The number of hydrogen-bond acceptors (Lipinski definition) is 5. The van der Waals surface area contributed by atoms with Crippen LogP contribution in [0.2, 0.25) is 5.02 Å². The van der Waals surface area contributed by atoms with Crippen molar-refractivity contribution in [3.63, 3.8) is 0 Å². The highest BCUT2D eigenvalue weighted by atomic mass is 35.5. The SMILES string of the molecule is O=C1C(=O)N(CCCN2CCOCC2)C(c2ccc(F)cc2)/C1=C(/O)c1ccc(Cl)cc1. The lowest BCUT2D eigenvalue weighted by Crippen LogP contribution is -2.38. The normalized spacial score (nSPS) is 21.3. The summed E-state index contributed by atoms with van der Waals surface area (Å²) in [5.74, 6) is -2.12. The van der Waals surface area contributed by atoms with Crippen LogP contribution in [0, 0.1) is 5.82 Å². The minimum absolute atomic E-state index is 0.00435. The van der Waals surface area contributed by atoms with Crippen LogP contribution in [-0.4, -0.2) is 66.0 Å². The predicted molar refractivity (Wildman–Crippen MR) is 119 cm³/mol. The van der Waals surface area contributed by atoms with E-state index in [1.807, 2.05) is 0 Å². The summed E-state index contributed by atoms with van der Waals surface area (Å²) in [5, 5.41) is 11.5. The van der Waals surface area contributed by atoms with Crippen LogP contribution >= 0.6 is 11.6 Å². The standard InChI is InChI=1S/C24H24ClFN2O4/c25-18-6-2-17(3-7-18)22(29)20-21(16-4-8-19(26)9-5-16)28(24(31)23(20)30)11-1-10-27-12-14-32-15-13-27/h2-9,21,29H,1,10-15H2/b22-20-. The number of nitrogens with zero attached hydrogens (tertiary/aromatic N) is 2. The van der Waals surface area contributed by atoms with Crippen molar-refractivity contribution in [1.82, 2.24) is 9.80 Å². The average molecular weight is 459 g/mol. The minimum atomic E-state index is -0.795. The van der Waals surface area contributed by atoms with Gasteiger partial charge in [0.1, 0.15) is 11.6 Å². The van der Waals surface area contributed by atoms with E-state index in [1.54, 1.807) is 24.3 Å². The van der Waals surface area contributed by atoms with Crippen LogP contribution in [0.15, 0.2) is 54.1 Å². The van der Waals surface area contributed by atoms with Crippen molar-refractivity contribution >= 4 is 29.1 Å². The van der Waals surface area contributed by atoms with Gasteiger partial charge in [0, 0.05) is 36.8 Å². The van der Waals surface area contributed by atoms with Crippen LogP contribution in [0.3, 0.4) is 0 Å². The number of ketones is 1. The number of aliphatic hydroxyl groups excluding tert-OH is 1. The van der Waals surface area contributed by atoms with E-state index in [1.165, 1.54) is 29.2 Å².